The highest BCUT2D eigenvalue weighted by atomic mass is 16.3. The summed E-state index contributed by atoms with van der Waals surface area (Å²) in [6, 6.07) is 16.0. The zero-order valence-electron chi connectivity index (χ0n) is 17.8. The molecule has 0 fully saturated rings. The Hall–Kier alpha value is -1.76. The Morgan fingerprint density at radius 2 is 1.31 bits per heavy atom. The molecule has 1 nitrogen and oxygen atoms in total. The van der Waals surface area contributed by atoms with Crippen molar-refractivity contribution in [3.05, 3.63) is 65.2 Å². The van der Waals surface area contributed by atoms with E-state index in [2.05, 4.69) is 72.7 Å². The van der Waals surface area contributed by atoms with Crippen LogP contribution < -0.4 is 0 Å². The third-order valence-corrected chi connectivity index (χ3v) is 5.53. The molecule has 0 saturated heterocycles. The van der Waals surface area contributed by atoms with E-state index in [9.17, 15) is 5.11 Å². The molecule has 0 aliphatic heterocycles. The molecule has 0 saturated carbocycles. The van der Waals surface area contributed by atoms with E-state index < -0.39 is 0 Å². The van der Waals surface area contributed by atoms with Crippen molar-refractivity contribution in [2.45, 2.75) is 73.6 Å². The Morgan fingerprint density at radius 1 is 0.846 bits per heavy atom. The monoisotopic (exact) mass is 354 g/mol. The Balaban J connectivity index is 0.000000294. The summed E-state index contributed by atoms with van der Waals surface area (Å²) >= 11 is 0. The van der Waals surface area contributed by atoms with Gasteiger partial charge in [0.25, 0.3) is 0 Å². The van der Waals surface area contributed by atoms with Crippen molar-refractivity contribution in [1.82, 2.24) is 0 Å². The van der Waals surface area contributed by atoms with Crippen molar-refractivity contribution in [1.29, 1.82) is 0 Å². The smallest absolute Gasteiger partial charge is 0.115 e. The topological polar surface area (TPSA) is 20.2 Å². The van der Waals surface area contributed by atoms with Crippen LogP contribution in [0.5, 0.6) is 5.75 Å². The molecule has 2 rings (SSSR count). The Morgan fingerprint density at radius 3 is 1.73 bits per heavy atom. The molecule has 2 aromatic carbocycles. The number of phenolic OH excluding ortho intramolecular Hbond substituents is 1. The van der Waals surface area contributed by atoms with Crippen molar-refractivity contribution in [2.24, 2.45) is 11.3 Å². The van der Waals surface area contributed by atoms with Crippen molar-refractivity contribution in [2.75, 3.05) is 0 Å². The lowest BCUT2D eigenvalue weighted by Gasteiger charge is -2.25. The number of aryl methyl sites for hydroxylation is 1. The summed E-state index contributed by atoms with van der Waals surface area (Å²) in [7, 11) is 0. The second-order valence-electron chi connectivity index (χ2n) is 8.46. The van der Waals surface area contributed by atoms with E-state index in [-0.39, 0.29) is 0 Å². The quantitative estimate of drug-likeness (QED) is 0.563. The molecular weight excluding hydrogens is 316 g/mol. The molecule has 2 unspecified atom stereocenters. The Labute approximate surface area is 161 Å². The van der Waals surface area contributed by atoms with Crippen LogP contribution >= 0.6 is 0 Å². The first-order chi connectivity index (χ1) is 12.2. The minimum absolute atomic E-state index is 0.319. The SMILES string of the molecule is CCC(C)CC(C)(C)CC.Cc1ccc(C(C)c2ccc(O)cc2)cc1. The molecule has 0 spiro atoms. The van der Waals surface area contributed by atoms with Crippen molar-refractivity contribution >= 4 is 0 Å². The predicted molar refractivity (Wildman–Crippen MR) is 115 cm³/mol. The van der Waals surface area contributed by atoms with Crippen LogP contribution in [0.15, 0.2) is 48.5 Å². The number of hydrogen-bond acceptors (Lipinski definition) is 1. The molecule has 0 bridgehead atoms. The molecule has 1 heteroatoms. The Bertz CT molecular complexity index is 577. The van der Waals surface area contributed by atoms with Gasteiger partial charge < -0.3 is 5.11 Å². The standard InChI is InChI=1S/C15H16O.C10H22/c1-11-3-5-13(6-4-11)12(2)14-7-9-15(16)10-8-14;1-6-9(3)8-10(4,5)7-2/h3-10,12,16H,1-2H3;9H,6-8H2,1-5H3. The zero-order chi connectivity index (χ0) is 19.7. The fourth-order valence-electron chi connectivity index (χ4n) is 3.04. The van der Waals surface area contributed by atoms with E-state index in [1.54, 1.807) is 12.1 Å². The summed E-state index contributed by atoms with van der Waals surface area (Å²) in [5.41, 5.74) is 4.37. The second kappa shape index (κ2) is 10.4. The van der Waals surface area contributed by atoms with Crippen LogP contribution in [0, 0.1) is 18.3 Å². The van der Waals surface area contributed by atoms with Crippen LogP contribution in [0.25, 0.3) is 0 Å². The first-order valence-corrected chi connectivity index (χ1v) is 10.0. The van der Waals surface area contributed by atoms with E-state index in [4.69, 9.17) is 0 Å². The van der Waals surface area contributed by atoms with E-state index >= 15 is 0 Å². The lowest BCUT2D eigenvalue weighted by molar-refractivity contribution is 0.263. The van der Waals surface area contributed by atoms with Gasteiger partial charge in [0.2, 0.25) is 0 Å². The molecule has 0 aliphatic rings. The molecule has 1 N–H and O–H groups in total. The van der Waals surface area contributed by atoms with Gasteiger partial charge in [-0.3, -0.25) is 0 Å². The molecular formula is C25H38O. The third-order valence-electron chi connectivity index (χ3n) is 5.53. The van der Waals surface area contributed by atoms with Gasteiger partial charge in [-0.15, -0.1) is 0 Å². The van der Waals surface area contributed by atoms with Gasteiger partial charge in [-0.1, -0.05) is 96.3 Å². The van der Waals surface area contributed by atoms with E-state index in [1.165, 1.54) is 36.0 Å². The number of rotatable bonds is 6. The van der Waals surface area contributed by atoms with Crippen molar-refractivity contribution in [3.8, 4) is 5.75 Å². The highest BCUT2D eigenvalue weighted by molar-refractivity contribution is 5.35. The van der Waals surface area contributed by atoms with Crippen molar-refractivity contribution < 1.29 is 5.11 Å². The van der Waals surface area contributed by atoms with Gasteiger partial charge in [0.1, 0.15) is 5.75 Å². The molecule has 0 aromatic heterocycles. The van der Waals surface area contributed by atoms with Gasteiger partial charge in [-0.25, -0.2) is 0 Å². The molecule has 0 aliphatic carbocycles. The molecule has 144 valence electrons. The normalized spacial score (nSPS) is 13.5. The third kappa shape index (κ3) is 7.64. The largest absolute Gasteiger partial charge is 0.508 e. The lowest BCUT2D eigenvalue weighted by Crippen LogP contribution is -2.13. The van der Waals surface area contributed by atoms with Gasteiger partial charge in [0.15, 0.2) is 0 Å². The van der Waals surface area contributed by atoms with Crippen molar-refractivity contribution in [3.63, 3.8) is 0 Å². The molecule has 2 aromatic rings. The Kier molecular flexibility index (Phi) is 8.92. The fourth-order valence-corrected chi connectivity index (χ4v) is 3.04. The summed E-state index contributed by atoms with van der Waals surface area (Å²) in [5.74, 6) is 1.58. The molecule has 26 heavy (non-hydrogen) atoms. The second-order valence-corrected chi connectivity index (χ2v) is 8.46. The number of hydrogen-bond donors (Lipinski definition) is 1. The first-order valence-electron chi connectivity index (χ1n) is 10.0. The van der Waals surface area contributed by atoms with E-state index in [0.717, 1.165) is 5.92 Å². The van der Waals surface area contributed by atoms with Gasteiger partial charge in [-0.05, 0) is 47.9 Å². The van der Waals surface area contributed by atoms with Gasteiger partial charge in [0.05, 0.1) is 0 Å². The minimum atomic E-state index is 0.319. The molecule has 0 heterocycles. The summed E-state index contributed by atoms with van der Waals surface area (Å²) < 4.78 is 0. The van der Waals surface area contributed by atoms with Gasteiger partial charge in [-0.2, -0.15) is 0 Å². The summed E-state index contributed by atoms with van der Waals surface area (Å²) in [6.07, 6.45) is 4.00. The predicted octanol–water partition coefficient (Wildman–Crippen LogP) is 7.71. The van der Waals surface area contributed by atoms with Gasteiger partial charge >= 0.3 is 0 Å². The summed E-state index contributed by atoms with van der Waals surface area (Å²) in [6.45, 7) is 15.9. The van der Waals surface area contributed by atoms with Crippen LogP contribution in [-0.4, -0.2) is 5.11 Å². The maximum Gasteiger partial charge on any atom is 0.115 e. The lowest BCUT2D eigenvalue weighted by atomic mass is 9.80. The van der Waals surface area contributed by atoms with E-state index in [1.807, 2.05) is 12.1 Å². The highest BCUT2D eigenvalue weighted by Crippen LogP contribution is 2.29. The summed E-state index contributed by atoms with van der Waals surface area (Å²) in [4.78, 5) is 0. The first kappa shape index (κ1) is 22.3. The van der Waals surface area contributed by atoms with Crippen LogP contribution in [0.4, 0.5) is 0 Å². The highest BCUT2D eigenvalue weighted by Gasteiger charge is 2.17. The van der Waals surface area contributed by atoms with Crippen LogP contribution in [0.3, 0.4) is 0 Å². The number of phenols is 1. The average Bonchev–Trinajstić information content (AvgIpc) is 2.62. The number of benzene rings is 2. The maximum atomic E-state index is 9.25. The summed E-state index contributed by atoms with van der Waals surface area (Å²) in [5, 5.41) is 9.25. The van der Waals surface area contributed by atoms with Gasteiger partial charge in [0, 0.05) is 5.92 Å². The molecule has 0 radical (unpaired) electrons. The maximum absolute atomic E-state index is 9.25. The minimum Gasteiger partial charge on any atom is -0.508 e. The molecule has 0 amide bonds. The van der Waals surface area contributed by atoms with Crippen LogP contribution in [0.1, 0.15) is 83.4 Å². The zero-order valence-corrected chi connectivity index (χ0v) is 17.8. The van der Waals surface area contributed by atoms with E-state index in [0.29, 0.717) is 17.1 Å². The van der Waals surface area contributed by atoms with Crippen LogP contribution in [-0.2, 0) is 0 Å². The fraction of sp³-hybridized carbons (Fsp3) is 0.520. The molecule has 2 atom stereocenters. The average molecular weight is 355 g/mol. The number of aromatic hydroxyl groups is 1. The van der Waals surface area contributed by atoms with Crippen LogP contribution in [0.2, 0.25) is 0 Å².